The minimum atomic E-state index is 0.678. The minimum absolute atomic E-state index is 0.678. The summed E-state index contributed by atoms with van der Waals surface area (Å²) in [7, 11) is 2.11. The molecule has 84 valence electrons. The molecule has 1 nitrogen and oxygen atoms in total. The molecule has 0 amide bonds. The summed E-state index contributed by atoms with van der Waals surface area (Å²) in [4.78, 5) is 0. The van der Waals surface area contributed by atoms with Crippen LogP contribution in [0, 0.1) is 11.8 Å². The first-order valence-electron chi connectivity index (χ1n) is 5.99. The average Bonchev–Trinajstić information content (AvgIpc) is 2.85. The van der Waals surface area contributed by atoms with E-state index in [9.17, 15) is 0 Å². The predicted octanol–water partition coefficient (Wildman–Crippen LogP) is 3.31. The molecular formula is C13H21NS. The van der Waals surface area contributed by atoms with Gasteiger partial charge in [0, 0.05) is 6.04 Å². The van der Waals surface area contributed by atoms with E-state index in [1.807, 2.05) is 11.3 Å². The highest BCUT2D eigenvalue weighted by molar-refractivity contribution is 7.07. The summed E-state index contributed by atoms with van der Waals surface area (Å²) >= 11 is 1.81. The average molecular weight is 223 g/mol. The minimum Gasteiger partial charge on any atom is -0.316 e. The SMILES string of the molecule is CNC(Cc1ccsc1)C1CCCC1C. The molecule has 1 saturated carbocycles. The van der Waals surface area contributed by atoms with E-state index >= 15 is 0 Å². The van der Waals surface area contributed by atoms with Crippen molar-refractivity contribution < 1.29 is 0 Å². The monoisotopic (exact) mass is 223 g/mol. The zero-order valence-electron chi connectivity index (χ0n) is 9.70. The third kappa shape index (κ3) is 2.61. The normalized spacial score (nSPS) is 28.1. The second-order valence-corrected chi connectivity index (χ2v) is 5.58. The maximum atomic E-state index is 3.52. The molecule has 15 heavy (non-hydrogen) atoms. The van der Waals surface area contributed by atoms with Crippen LogP contribution in [-0.4, -0.2) is 13.1 Å². The standard InChI is InChI=1S/C13H21NS/c1-10-4-3-5-12(10)13(14-2)8-11-6-7-15-9-11/h6-7,9-10,12-14H,3-5,8H2,1-2H3. The molecule has 1 heterocycles. The number of rotatable bonds is 4. The van der Waals surface area contributed by atoms with Crippen molar-refractivity contribution >= 4 is 11.3 Å². The zero-order chi connectivity index (χ0) is 10.7. The Hall–Kier alpha value is -0.340. The molecule has 0 aromatic carbocycles. The molecule has 1 aromatic heterocycles. The van der Waals surface area contributed by atoms with Crippen molar-refractivity contribution in [3.8, 4) is 0 Å². The zero-order valence-corrected chi connectivity index (χ0v) is 10.5. The van der Waals surface area contributed by atoms with Gasteiger partial charge in [0.05, 0.1) is 0 Å². The van der Waals surface area contributed by atoms with Gasteiger partial charge < -0.3 is 5.32 Å². The molecular weight excluding hydrogens is 202 g/mol. The maximum absolute atomic E-state index is 3.52. The number of likely N-dealkylation sites (N-methyl/N-ethyl adjacent to an activating group) is 1. The highest BCUT2D eigenvalue weighted by Gasteiger charge is 2.29. The fraction of sp³-hybridized carbons (Fsp3) is 0.692. The molecule has 3 unspecified atom stereocenters. The first-order chi connectivity index (χ1) is 7.31. The third-order valence-electron chi connectivity index (χ3n) is 3.85. The van der Waals surface area contributed by atoms with Crippen LogP contribution in [0.3, 0.4) is 0 Å². The van der Waals surface area contributed by atoms with Gasteiger partial charge in [0.25, 0.3) is 0 Å². The van der Waals surface area contributed by atoms with Crippen LogP contribution in [0.2, 0.25) is 0 Å². The molecule has 0 saturated heterocycles. The summed E-state index contributed by atoms with van der Waals surface area (Å²) in [5.41, 5.74) is 1.50. The van der Waals surface area contributed by atoms with E-state index in [1.54, 1.807) is 0 Å². The van der Waals surface area contributed by atoms with Crippen LogP contribution < -0.4 is 5.32 Å². The maximum Gasteiger partial charge on any atom is 0.0136 e. The Kier molecular flexibility index (Phi) is 3.81. The Bertz CT molecular complexity index is 281. The Labute approximate surface area is 96.9 Å². The van der Waals surface area contributed by atoms with Crippen molar-refractivity contribution in [2.75, 3.05) is 7.05 Å². The van der Waals surface area contributed by atoms with E-state index in [0.29, 0.717) is 6.04 Å². The van der Waals surface area contributed by atoms with Crippen LogP contribution in [0.4, 0.5) is 0 Å². The third-order valence-corrected chi connectivity index (χ3v) is 4.58. The number of nitrogens with one attached hydrogen (secondary N) is 1. The van der Waals surface area contributed by atoms with Crippen LogP contribution in [0.25, 0.3) is 0 Å². The van der Waals surface area contributed by atoms with Gasteiger partial charge in [0.15, 0.2) is 0 Å². The Morgan fingerprint density at radius 2 is 2.40 bits per heavy atom. The molecule has 2 rings (SSSR count). The van der Waals surface area contributed by atoms with Crippen LogP contribution in [0.15, 0.2) is 16.8 Å². The van der Waals surface area contributed by atoms with Crippen molar-refractivity contribution in [1.82, 2.24) is 5.32 Å². The summed E-state index contributed by atoms with van der Waals surface area (Å²) in [5.74, 6) is 1.79. The van der Waals surface area contributed by atoms with Gasteiger partial charge in [-0.3, -0.25) is 0 Å². The van der Waals surface area contributed by atoms with Gasteiger partial charge in [-0.05, 0) is 54.1 Å². The number of hydrogen-bond donors (Lipinski definition) is 1. The molecule has 0 bridgehead atoms. The van der Waals surface area contributed by atoms with Crippen molar-refractivity contribution in [3.63, 3.8) is 0 Å². The Balaban J connectivity index is 1.97. The van der Waals surface area contributed by atoms with Gasteiger partial charge >= 0.3 is 0 Å². The molecule has 3 atom stereocenters. The summed E-state index contributed by atoms with van der Waals surface area (Å²) in [5, 5.41) is 7.98. The van der Waals surface area contributed by atoms with E-state index in [-0.39, 0.29) is 0 Å². The molecule has 1 fully saturated rings. The van der Waals surface area contributed by atoms with Gasteiger partial charge in [-0.1, -0.05) is 19.8 Å². The fourth-order valence-electron chi connectivity index (χ4n) is 2.90. The molecule has 1 N–H and O–H groups in total. The second-order valence-electron chi connectivity index (χ2n) is 4.80. The lowest BCUT2D eigenvalue weighted by atomic mass is 9.87. The van der Waals surface area contributed by atoms with Gasteiger partial charge in [-0.15, -0.1) is 0 Å². The van der Waals surface area contributed by atoms with Gasteiger partial charge in [0.1, 0.15) is 0 Å². The molecule has 0 radical (unpaired) electrons. The quantitative estimate of drug-likeness (QED) is 0.825. The van der Waals surface area contributed by atoms with Crippen molar-refractivity contribution in [3.05, 3.63) is 22.4 Å². The molecule has 1 aromatic rings. The number of thiophene rings is 1. The van der Waals surface area contributed by atoms with E-state index < -0.39 is 0 Å². The summed E-state index contributed by atoms with van der Waals surface area (Å²) in [6.45, 7) is 2.41. The molecule has 1 aliphatic rings. The first-order valence-corrected chi connectivity index (χ1v) is 6.94. The van der Waals surface area contributed by atoms with Crippen LogP contribution in [0.1, 0.15) is 31.7 Å². The first kappa shape index (κ1) is 11.2. The summed E-state index contributed by atoms with van der Waals surface area (Å²) in [6.07, 6.45) is 5.46. The Morgan fingerprint density at radius 3 is 2.93 bits per heavy atom. The summed E-state index contributed by atoms with van der Waals surface area (Å²) in [6, 6.07) is 2.94. The summed E-state index contributed by atoms with van der Waals surface area (Å²) < 4.78 is 0. The van der Waals surface area contributed by atoms with Crippen molar-refractivity contribution in [2.24, 2.45) is 11.8 Å². The van der Waals surface area contributed by atoms with Crippen LogP contribution in [0.5, 0.6) is 0 Å². The molecule has 0 aliphatic heterocycles. The fourth-order valence-corrected chi connectivity index (χ4v) is 3.58. The van der Waals surface area contributed by atoms with E-state index in [2.05, 4.69) is 36.1 Å². The smallest absolute Gasteiger partial charge is 0.0136 e. The van der Waals surface area contributed by atoms with Gasteiger partial charge in [0.2, 0.25) is 0 Å². The number of hydrogen-bond acceptors (Lipinski definition) is 2. The molecule has 1 aliphatic carbocycles. The topological polar surface area (TPSA) is 12.0 Å². The Morgan fingerprint density at radius 1 is 1.53 bits per heavy atom. The molecule has 2 heteroatoms. The lowest BCUT2D eigenvalue weighted by Crippen LogP contribution is -2.36. The van der Waals surface area contributed by atoms with Crippen molar-refractivity contribution in [2.45, 2.75) is 38.6 Å². The highest BCUT2D eigenvalue weighted by Crippen LogP contribution is 2.34. The largest absolute Gasteiger partial charge is 0.316 e. The van der Waals surface area contributed by atoms with Crippen LogP contribution in [-0.2, 0) is 6.42 Å². The van der Waals surface area contributed by atoms with E-state index in [1.165, 1.54) is 31.2 Å². The van der Waals surface area contributed by atoms with Crippen LogP contribution >= 0.6 is 11.3 Å². The highest BCUT2D eigenvalue weighted by atomic mass is 32.1. The lowest BCUT2D eigenvalue weighted by molar-refractivity contribution is 0.308. The van der Waals surface area contributed by atoms with Gasteiger partial charge in [-0.25, -0.2) is 0 Å². The molecule has 0 spiro atoms. The second kappa shape index (κ2) is 5.13. The van der Waals surface area contributed by atoms with E-state index in [0.717, 1.165) is 11.8 Å². The van der Waals surface area contributed by atoms with E-state index in [4.69, 9.17) is 0 Å². The van der Waals surface area contributed by atoms with Crippen molar-refractivity contribution in [1.29, 1.82) is 0 Å². The predicted molar refractivity (Wildman–Crippen MR) is 67.4 cm³/mol. The lowest BCUT2D eigenvalue weighted by Gasteiger charge is -2.26. The van der Waals surface area contributed by atoms with Gasteiger partial charge in [-0.2, -0.15) is 11.3 Å².